The lowest BCUT2D eigenvalue weighted by Crippen LogP contribution is -2.13. The van der Waals surface area contributed by atoms with Gasteiger partial charge in [0.2, 0.25) is 0 Å². The van der Waals surface area contributed by atoms with Gasteiger partial charge in [0.25, 0.3) is 0 Å². The van der Waals surface area contributed by atoms with Crippen LogP contribution in [0.3, 0.4) is 0 Å². The maximum atomic E-state index is 7.19. The zero-order valence-corrected chi connectivity index (χ0v) is 83.8. The summed E-state index contributed by atoms with van der Waals surface area (Å²) in [5.41, 5.74) is 31.7. The summed E-state index contributed by atoms with van der Waals surface area (Å²) < 4.78 is 28.7. The van der Waals surface area contributed by atoms with E-state index in [0.717, 1.165) is 178 Å². The summed E-state index contributed by atoms with van der Waals surface area (Å²) in [4.78, 5) is 9.79. The molecule has 22 aromatic carbocycles. The Bertz CT molecular complexity index is 8940. The van der Waals surface area contributed by atoms with Gasteiger partial charge in [-0.3, -0.25) is 0 Å². The summed E-state index contributed by atoms with van der Waals surface area (Å²) in [5, 5.41) is 23.8. The van der Waals surface area contributed by atoms with E-state index in [1.54, 1.807) is 0 Å². The molecule has 26 rings (SSSR count). The van der Waals surface area contributed by atoms with Crippen molar-refractivity contribution in [3.63, 3.8) is 0 Å². The van der Waals surface area contributed by atoms with Crippen molar-refractivity contribution in [2.75, 3.05) is 19.6 Å². The summed E-state index contributed by atoms with van der Waals surface area (Å²) in [5.74, 6) is 0.932. The van der Waals surface area contributed by atoms with Gasteiger partial charge in [0, 0.05) is 110 Å². The Balaban J connectivity index is 0.000000159. The van der Waals surface area contributed by atoms with E-state index in [2.05, 4.69) is 517 Å². The van der Waals surface area contributed by atoms with Gasteiger partial charge in [-0.15, -0.1) is 0 Å². The molecule has 0 N–H and O–H groups in total. The molecule has 716 valence electrons. The number of furan rings is 4. The predicted octanol–water partition coefficient (Wildman–Crippen LogP) is 42.3. The fraction of sp³-hybridized carbons (Fsp3) is 0.159. The minimum absolute atomic E-state index is 0. The number of nitrogens with zero attached hydrogens (tertiary/aromatic N) is 4. The number of benzene rings is 22. The second-order valence-electron chi connectivity index (χ2n) is 42.4. The number of anilines is 12. The molecule has 8 nitrogen and oxygen atoms in total. The Kier molecular flexibility index (Phi) is 23.1. The number of fused-ring (bicyclic) bond motifs is 12. The number of hydrogen-bond acceptors (Lipinski definition) is 8. The van der Waals surface area contributed by atoms with Gasteiger partial charge in [0.15, 0.2) is 22.3 Å². The molecule has 0 aliphatic carbocycles. The standard InChI is InChI=1S/C70H52N2O2.C66H60N2O2.2CH4/c1-43(2)59-41-63(71(47-25-13-7-14-26-47)61-35-19-33-55-53-31-17-29-49(67(53)73-69(55)61)45-21-9-5-10-22-45)57-40-38-52-60(44(3)4)42-64(58-39-37-51(59)65(57)66(52)58)72(48-27-15-8-16-28-48)62-36-20-34-56-54-32-18-30-50(68(54)74-70(56)62)46-23-11-6-12-24-46;1-39(2)51-37-57(67(41-21-13-11-14-22-41)55-31-19-27-47-45-25-17-29-53(65(5,6)7)61(45)69-63(47)55)49-36-34-44-52(40(3)4)38-58(50-35-33-43(51)59(49)60(44)50)68(42-23-15-12-16-24-42)56-32-20-28-48-46-26-18-30-54(66(8,9)10)62(46)70-64(48)56;;/h5-44H,1-4H3;11-40H,1-10H3;2*1H4. The molecule has 0 fully saturated rings. The summed E-state index contributed by atoms with van der Waals surface area (Å²) in [6.45, 7) is 32.2. The van der Waals surface area contributed by atoms with Crippen LogP contribution in [0, 0.1) is 0 Å². The highest BCUT2D eigenvalue weighted by atomic mass is 16.3. The van der Waals surface area contributed by atoms with Crippen molar-refractivity contribution < 1.29 is 17.7 Å². The molecule has 0 bridgehead atoms. The quantitative estimate of drug-likeness (QED) is 0.0788. The molecule has 0 aliphatic rings. The first-order valence-corrected chi connectivity index (χ1v) is 51.0. The molecule has 146 heavy (non-hydrogen) atoms. The molecule has 0 spiro atoms. The average Bonchev–Trinajstić information content (AvgIpc) is 1.36. The molecule has 0 radical (unpaired) electrons. The third-order valence-electron chi connectivity index (χ3n) is 30.1. The summed E-state index contributed by atoms with van der Waals surface area (Å²) in [7, 11) is 0. The van der Waals surface area contributed by atoms with Crippen LogP contribution < -0.4 is 19.6 Å². The van der Waals surface area contributed by atoms with Gasteiger partial charge in [0.1, 0.15) is 22.3 Å². The van der Waals surface area contributed by atoms with Crippen LogP contribution in [0.25, 0.3) is 175 Å². The van der Waals surface area contributed by atoms with Crippen LogP contribution in [0.4, 0.5) is 68.2 Å². The second-order valence-corrected chi connectivity index (χ2v) is 42.4. The summed E-state index contributed by atoms with van der Waals surface area (Å²) in [6.07, 6.45) is 0. The van der Waals surface area contributed by atoms with Gasteiger partial charge in [-0.1, -0.05) is 415 Å². The van der Waals surface area contributed by atoms with Crippen LogP contribution >= 0.6 is 0 Å². The van der Waals surface area contributed by atoms with Crippen molar-refractivity contribution in [1.82, 2.24) is 0 Å². The average molecular weight is 1900 g/mol. The lowest BCUT2D eigenvalue weighted by atomic mass is 9.84. The van der Waals surface area contributed by atoms with Crippen LogP contribution in [0.1, 0.15) is 169 Å². The normalized spacial score (nSPS) is 12.2. The molecule has 4 heterocycles. The highest BCUT2D eigenvalue weighted by Crippen LogP contribution is 2.59. The van der Waals surface area contributed by atoms with Gasteiger partial charge in [-0.25, -0.2) is 0 Å². The highest BCUT2D eigenvalue weighted by molar-refractivity contribution is 6.33. The van der Waals surface area contributed by atoms with Crippen molar-refractivity contribution in [2.45, 2.75) is 146 Å². The molecule has 0 saturated carbocycles. The second kappa shape index (κ2) is 36.3. The van der Waals surface area contributed by atoms with E-state index < -0.39 is 0 Å². The first-order chi connectivity index (χ1) is 70.1. The van der Waals surface area contributed by atoms with E-state index in [9.17, 15) is 0 Å². The van der Waals surface area contributed by atoms with E-state index in [-0.39, 0.29) is 49.4 Å². The molecular formula is C138H120N4O4. The Morgan fingerprint density at radius 1 is 0.178 bits per heavy atom. The molecule has 4 aromatic heterocycles. The van der Waals surface area contributed by atoms with E-state index in [4.69, 9.17) is 17.7 Å². The van der Waals surface area contributed by atoms with E-state index >= 15 is 0 Å². The van der Waals surface area contributed by atoms with Gasteiger partial charge >= 0.3 is 0 Å². The van der Waals surface area contributed by atoms with E-state index in [0.29, 0.717) is 0 Å². The van der Waals surface area contributed by atoms with Gasteiger partial charge in [-0.2, -0.15) is 0 Å². The molecule has 0 saturated heterocycles. The SMILES string of the molecule is C.C.CC(C)c1cc(N(c2ccccc2)c2cccc3c2oc2c(-c4ccccc4)cccc23)c2ccc3c(C(C)C)cc(N(c4ccccc4)c4cccc5c4oc4c(-c6ccccc6)cccc45)c4ccc1c2c34.CC(C)c1cc(N(c2ccccc2)c2cccc3c2oc2c(C(C)(C)C)cccc23)c2ccc3c(C(C)C)cc(N(c4ccccc4)c4cccc5c4oc4c(C(C)(C)C)cccc45)c4ccc1c2c34. The maximum Gasteiger partial charge on any atom is 0.159 e. The molecule has 0 amide bonds. The third kappa shape index (κ3) is 15.1. The van der Waals surface area contributed by atoms with E-state index in [1.165, 1.54) is 98.0 Å². The van der Waals surface area contributed by atoms with Crippen molar-refractivity contribution in [3.8, 4) is 22.3 Å². The molecule has 26 aromatic rings. The molecule has 0 aliphatic heterocycles. The fourth-order valence-electron chi connectivity index (χ4n) is 23.4. The van der Waals surface area contributed by atoms with Crippen molar-refractivity contribution in [1.29, 1.82) is 0 Å². The lowest BCUT2D eigenvalue weighted by molar-refractivity contribution is 0.572. The van der Waals surface area contributed by atoms with Crippen LogP contribution in [0.5, 0.6) is 0 Å². The van der Waals surface area contributed by atoms with Crippen LogP contribution in [0.15, 0.2) is 418 Å². The van der Waals surface area contributed by atoms with Crippen molar-refractivity contribution >= 4 is 221 Å². The smallest absolute Gasteiger partial charge is 0.159 e. The number of hydrogen-bond donors (Lipinski definition) is 0. The zero-order chi connectivity index (χ0) is 98.0. The lowest BCUT2D eigenvalue weighted by Gasteiger charge is -2.31. The maximum absolute atomic E-state index is 7.19. The minimum Gasteiger partial charge on any atom is -0.454 e. The van der Waals surface area contributed by atoms with Gasteiger partial charge < -0.3 is 37.3 Å². The molecule has 0 atom stereocenters. The van der Waals surface area contributed by atoms with Gasteiger partial charge in [-0.05, 0) is 208 Å². The Hall–Kier alpha value is -16.7. The largest absolute Gasteiger partial charge is 0.454 e. The van der Waals surface area contributed by atoms with Crippen LogP contribution in [0.2, 0.25) is 0 Å². The Morgan fingerprint density at radius 2 is 0.377 bits per heavy atom. The molecule has 0 unspecified atom stereocenters. The van der Waals surface area contributed by atoms with Crippen molar-refractivity contribution in [3.05, 3.63) is 434 Å². The topological polar surface area (TPSA) is 65.5 Å². The van der Waals surface area contributed by atoms with Gasteiger partial charge in [0.05, 0.1) is 45.5 Å². The summed E-state index contributed by atoms with van der Waals surface area (Å²) in [6, 6.07) is 146. The number of rotatable bonds is 18. The first kappa shape index (κ1) is 93.0. The monoisotopic (exact) mass is 1900 g/mol. The number of para-hydroxylation sites is 12. The van der Waals surface area contributed by atoms with Crippen LogP contribution in [-0.2, 0) is 10.8 Å². The fourth-order valence-corrected chi connectivity index (χ4v) is 23.4. The highest BCUT2D eigenvalue weighted by Gasteiger charge is 2.35. The van der Waals surface area contributed by atoms with Crippen molar-refractivity contribution in [2.24, 2.45) is 0 Å². The predicted molar refractivity (Wildman–Crippen MR) is 626 cm³/mol. The first-order valence-electron chi connectivity index (χ1n) is 51.0. The summed E-state index contributed by atoms with van der Waals surface area (Å²) >= 11 is 0. The Labute approximate surface area is 854 Å². The molecular weight excluding hydrogens is 1780 g/mol. The van der Waals surface area contributed by atoms with E-state index in [1.807, 2.05) is 0 Å². The molecule has 8 heteroatoms. The third-order valence-corrected chi connectivity index (χ3v) is 30.1. The zero-order valence-electron chi connectivity index (χ0n) is 83.8. The Morgan fingerprint density at radius 3 is 0.610 bits per heavy atom. The minimum atomic E-state index is -0.0942. The van der Waals surface area contributed by atoms with Crippen LogP contribution in [-0.4, -0.2) is 0 Å².